The van der Waals surface area contributed by atoms with Crippen LogP contribution in [0.3, 0.4) is 0 Å². The van der Waals surface area contributed by atoms with Gasteiger partial charge < -0.3 is 9.40 Å². The first-order valence-electron chi connectivity index (χ1n) is 6.71. The number of hydrogen-bond acceptors (Lipinski definition) is 2. The molecule has 2 heterocycles. The summed E-state index contributed by atoms with van der Waals surface area (Å²) in [6.45, 7) is 0. The summed E-state index contributed by atoms with van der Waals surface area (Å²) in [6, 6.07) is 11.8. The van der Waals surface area contributed by atoms with E-state index in [4.69, 9.17) is 4.42 Å². The predicted octanol–water partition coefficient (Wildman–Crippen LogP) is 3.97. The highest BCUT2D eigenvalue weighted by Gasteiger charge is 2.25. The summed E-state index contributed by atoms with van der Waals surface area (Å²) < 4.78 is 5.29. The highest BCUT2D eigenvalue weighted by molar-refractivity contribution is 6.14. The van der Waals surface area contributed by atoms with Crippen molar-refractivity contribution in [3.8, 4) is 0 Å². The smallest absolute Gasteiger partial charge is 0.205 e. The largest absolute Gasteiger partial charge is 0.465 e. The average Bonchev–Trinajstić information content (AvgIpc) is 3.09. The summed E-state index contributed by atoms with van der Waals surface area (Å²) in [6.07, 6.45) is 5.11. The zero-order valence-electron chi connectivity index (χ0n) is 10.8. The highest BCUT2D eigenvalue weighted by Crippen LogP contribution is 2.32. The second-order valence-electron chi connectivity index (χ2n) is 5.04. The Labute approximate surface area is 115 Å². The molecule has 0 fully saturated rings. The zero-order valence-corrected chi connectivity index (χ0v) is 10.8. The molecular weight excluding hydrogens is 250 g/mol. The van der Waals surface area contributed by atoms with Crippen LogP contribution >= 0.6 is 0 Å². The van der Waals surface area contributed by atoms with E-state index in [1.165, 1.54) is 0 Å². The number of furan rings is 1. The third-order valence-corrected chi connectivity index (χ3v) is 3.84. The maximum atomic E-state index is 12.6. The molecule has 1 N–H and O–H groups in total. The fourth-order valence-electron chi connectivity index (χ4n) is 2.87. The van der Waals surface area contributed by atoms with Gasteiger partial charge in [0.1, 0.15) is 5.76 Å². The van der Waals surface area contributed by atoms with E-state index in [1.807, 2.05) is 36.4 Å². The number of fused-ring (bicyclic) bond motifs is 3. The van der Waals surface area contributed by atoms with Gasteiger partial charge in [-0.05, 0) is 42.7 Å². The maximum Gasteiger partial charge on any atom is 0.205 e. The van der Waals surface area contributed by atoms with Gasteiger partial charge >= 0.3 is 0 Å². The van der Waals surface area contributed by atoms with Crippen LogP contribution in [0, 0.1) is 0 Å². The number of hydrogen-bond donors (Lipinski definition) is 1. The molecule has 0 saturated heterocycles. The number of Topliss-reactive ketones (excluding diaryl/α,β-unsaturated/α-hetero) is 1. The molecule has 1 aromatic carbocycles. The van der Waals surface area contributed by atoms with E-state index >= 15 is 0 Å². The minimum atomic E-state index is 0.0823. The van der Waals surface area contributed by atoms with Gasteiger partial charge in [0.15, 0.2) is 0 Å². The Hall–Kier alpha value is -2.55. The number of ketones is 1. The predicted molar refractivity (Wildman–Crippen MR) is 77.6 cm³/mol. The van der Waals surface area contributed by atoms with Gasteiger partial charge in [0.05, 0.1) is 12.0 Å². The third-order valence-electron chi connectivity index (χ3n) is 3.84. The lowest BCUT2D eigenvalue weighted by Gasteiger charge is -2.13. The standard InChI is InChI=1S/C17H13NO2/c19-17-11(10-12-4-3-9-20-12)7-8-14-13-5-1-2-6-15(13)18-16(14)17/h1-6,9-10,18H,7-8H2/b11-10+. The number of rotatable bonds is 1. The minimum absolute atomic E-state index is 0.0823. The number of aromatic amines is 1. The number of allylic oxidation sites excluding steroid dienone is 1. The zero-order chi connectivity index (χ0) is 13.5. The minimum Gasteiger partial charge on any atom is -0.465 e. The van der Waals surface area contributed by atoms with Gasteiger partial charge in [0.25, 0.3) is 0 Å². The van der Waals surface area contributed by atoms with Gasteiger partial charge in [-0.15, -0.1) is 0 Å². The van der Waals surface area contributed by atoms with Gasteiger partial charge in [0, 0.05) is 16.5 Å². The van der Waals surface area contributed by atoms with Crippen molar-refractivity contribution < 1.29 is 9.21 Å². The molecule has 0 unspecified atom stereocenters. The molecule has 3 aromatic rings. The van der Waals surface area contributed by atoms with Gasteiger partial charge in [-0.3, -0.25) is 4.79 Å². The van der Waals surface area contributed by atoms with E-state index in [1.54, 1.807) is 6.26 Å². The van der Waals surface area contributed by atoms with Crippen molar-refractivity contribution in [2.24, 2.45) is 0 Å². The lowest BCUT2D eigenvalue weighted by Crippen LogP contribution is -2.13. The Balaban J connectivity index is 1.83. The van der Waals surface area contributed by atoms with E-state index in [-0.39, 0.29) is 5.78 Å². The van der Waals surface area contributed by atoms with E-state index in [0.29, 0.717) is 0 Å². The fraction of sp³-hybridized carbons (Fsp3) is 0.118. The number of carbonyl (C=O) groups excluding carboxylic acids is 1. The van der Waals surface area contributed by atoms with Crippen LogP contribution < -0.4 is 0 Å². The Morgan fingerprint density at radius 2 is 2.00 bits per heavy atom. The van der Waals surface area contributed by atoms with Gasteiger partial charge in [-0.25, -0.2) is 0 Å². The van der Waals surface area contributed by atoms with Gasteiger partial charge in [-0.1, -0.05) is 18.2 Å². The molecule has 3 nitrogen and oxygen atoms in total. The van der Waals surface area contributed by atoms with Crippen LogP contribution in [-0.4, -0.2) is 10.8 Å². The molecular formula is C17H13NO2. The lowest BCUT2D eigenvalue weighted by atomic mass is 9.90. The fourth-order valence-corrected chi connectivity index (χ4v) is 2.87. The molecule has 4 rings (SSSR count). The van der Waals surface area contributed by atoms with Crippen molar-refractivity contribution in [3.63, 3.8) is 0 Å². The van der Waals surface area contributed by atoms with Gasteiger partial charge in [0.2, 0.25) is 5.78 Å². The Morgan fingerprint density at radius 3 is 2.85 bits per heavy atom. The van der Waals surface area contributed by atoms with Crippen LogP contribution in [0.5, 0.6) is 0 Å². The molecule has 0 amide bonds. The Bertz CT molecular complexity index is 822. The van der Waals surface area contributed by atoms with Crippen molar-refractivity contribution >= 4 is 22.8 Å². The molecule has 98 valence electrons. The summed E-state index contributed by atoms with van der Waals surface area (Å²) in [7, 11) is 0. The summed E-state index contributed by atoms with van der Waals surface area (Å²) >= 11 is 0. The second-order valence-corrected chi connectivity index (χ2v) is 5.04. The van der Waals surface area contributed by atoms with Crippen molar-refractivity contribution in [1.82, 2.24) is 4.98 Å². The number of H-pyrrole nitrogens is 1. The first kappa shape index (κ1) is 11.3. The molecule has 20 heavy (non-hydrogen) atoms. The molecule has 0 saturated carbocycles. The molecule has 3 heteroatoms. The number of para-hydroxylation sites is 1. The molecule has 1 aliphatic rings. The van der Waals surface area contributed by atoms with Gasteiger partial charge in [-0.2, -0.15) is 0 Å². The van der Waals surface area contributed by atoms with Crippen LogP contribution in [0.1, 0.15) is 28.2 Å². The van der Waals surface area contributed by atoms with Crippen molar-refractivity contribution in [2.45, 2.75) is 12.8 Å². The number of nitrogens with one attached hydrogen (secondary N) is 1. The molecule has 0 aliphatic heterocycles. The lowest BCUT2D eigenvalue weighted by molar-refractivity contribution is 0.102. The van der Waals surface area contributed by atoms with Crippen LogP contribution in [-0.2, 0) is 6.42 Å². The normalized spacial score (nSPS) is 16.8. The average molecular weight is 263 g/mol. The van der Waals surface area contributed by atoms with Crippen LogP contribution in [0.4, 0.5) is 0 Å². The molecule has 0 bridgehead atoms. The van der Waals surface area contributed by atoms with Crippen molar-refractivity contribution in [1.29, 1.82) is 0 Å². The second kappa shape index (κ2) is 4.23. The summed E-state index contributed by atoms with van der Waals surface area (Å²) in [5.41, 5.74) is 3.71. The molecule has 0 atom stereocenters. The molecule has 0 radical (unpaired) electrons. The van der Waals surface area contributed by atoms with Crippen LogP contribution in [0.2, 0.25) is 0 Å². The van der Waals surface area contributed by atoms with Crippen LogP contribution in [0.25, 0.3) is 17.0 Å². The van der Waals surface area contributed by atoms with E-state index < -0.39 is 0 Å². The van der Waals surface area contributed by atoms with Crippen molar-refractivity contribution in [3.05, 3.63) is 65.3 Å². The first-order valence-corrected chi connectivity index (χ1v) is 6.71. The molecule has 2 aromatic heterocycles. The number of benzene rings is 1. The molecule has 1 aliphatic carbocycles. The number of aryl methyl sites for hydroxylation is 1. The topological polar surface area (TPSA) is 46.0 Å². The van der Waals surface area contributed by atoms with E-state index in [0.717, 1.165) is 46.3 Å². The highest BCUT2D eigenvalue weighted by atomic mass is 16.3. The van der Waals surface area contributed by atoms with Crippen molar-refractivity contribution in [2.75, 3.05) is 0 Å². The first-order chi connectivity index (χ1) is 9.83. The Kier molecular flexibility index (Phi) is 2.39. The summed E-state index contributed by atoms with van der Waals surface area (Å²) in [4.78, 5) is 15.8. The quantitative estimate of drug-likeness (QED) is 0.675. The Morgan fingerprint density at radius 1 is 1.10 bits per heavy atom. The maximum absolute atomic E-state index is 12.6. The molecule has 0 spiro atoms. The third kappa shape index (κ3) is 1.63. The number of aromatic nitrogens is 1. The van der Waals surface area contributed by atoms with E-state index in [9.17, 15) is 4.79 Å². The van der Waals surface area contributed by atoms with Crippen LogP contribution in [0.15, 0.2) is 52.7 Å². The SMILES string of the molecule is O=C1/C(=C/c2ccco2)CCc2c1[nH]c1ccccc21. The summed E-state index contributed by atoms with van der Waals surface area (Å²) in [5, 5.41) is 1.16. The summed E-state index contributed by atoms with van der Waals surface area (Å²) in [5.74, 6) is 0.812. The van der Waals surface area contributed by atoms with E-state index in [2.05, 4.69) is 11.1 Å². The number of carbonyl (C=O) groups is 1. The monoisotopic (exact) mass is 263 g/mol.